The van der Waals surface area contributed by atoms with Gasteiger partial charge in [0.15, 0.2) is 0 Å². The van der Waals surface area contributed by atoms with Crippen molar-refractivity contribution in [2.24, 2.45) is 0 Å². The van der Waals surface area contributed by atoms with Crippen LogP contribution in [0.3, 0.4) is 0 Å². The third kappa shape index (κ3) is 5.56. The molecule has 3 aliphatic rings. The molecule has 0 fully saturated rings. The first-order chi connectivity index (χ1) is 15.5. The zero-order valence-corrected chi connectivity index (χ0v) is 21.5. The Morgan fingerprint density at radius 3 is 1.34 bits per heavy atom. The van der Waals surface area contributed by atoms with Gasteiger partial charge in [-0.25, -0.2) is 0 Å². The first kappa shape index (κ1) is 25.2. The van der Waals surface area contributed by atoms with Gasteiger partial charge in [-0.05, 0) is 0 Å². The van der Waals surface area contributed by atoms with Crippen LogP contribution < -0.4 is 0 Å². The van der Waals surface area contributed by atoms with Gasteiger partial charge in [0.2, 0.25) is 0 Å². The van der Waals surface area contributed by atoms with Crippen molar-refractivity contribution >= 4 is 17.9 Å². The van der Waals surface area contributed by atoms with Crippen molar-refractivity contribution in [2.75, 3.05) is 0 Å². The molecule has 6 nitrogen and oxygen atoms in total. The van der Waals surface area contributed by atoms with E-state index in [1.165, 1.54) is 22.3 Å². The predicted molar refractivity (Wildman–Crippen MR) is 118 cm³/mol. The molecule has 178 valence electrons. The van der Waals surface area contributed by atoms with Gasteiger partial charge in [0.05, 0.1) is 0 Å². The van der Waals surface area contributed by atoms with Crippen LogP contribution in [0.4, 0.5) is 0 Å². The molecule has 0 aromatic rings. The number of carbonyl (C=O) groups excluding carboxylic acids is 3. The third-order valence-corrected chi connectivity index (χ3v) is 11.2. The number of rotatable bonds is 10. The first-order valence-electron chi connectivity index (χ1n) is 12.5. The number of carbonyl (C=O) groups is 3. The molecule has 0 saturated carbocycles. The van der Waals surface area contributed by atoms with Gasteiger partial charge in [0, 0.05) is 0 Å². The fraction of sp³-hybridized carbons (Fsp3) is 0.720. The third-order valence-electron chi connectivity index (χ3n) is 6.57. The van der Waals surface area contributed by atoms with Gasteiger partial charge in [-0.1, -0.05) is 0 Å². The summed E-state index contributed by atoms with van der Waals surface area (Å²) in [7, 11) is 0. The van der Waals surface area contributed by atoms with Crippen molar-refractivity contribution in [3.63, 3.8) is 0 Å². The summed E-state index contributed by atoms with van der Waals surface area (Å²) in [5, 5.41) is 0. The van der Waals surface area contributed by atoms with Crippen molar-refractivity contribution in [1.29, 1.82) is 0 Å². The minimum absolute atomic E-state index is 0.216. The van der Waals surface area contributed by atoms with Crippen LogP contribution in [0.5, 0.6) is 0 Å². The Kier molecular flexibility index (Phi) is 9.18. The van der Waals surface area contributed by atoms with Gasteiger partial charge in [-0.3, -0.25) is 0 Å². The summed E-state index contributed by atoms with van der Waals surface area (Å²) < 4.78 is 17.9. The van der Waals surface area contributed by atoms with Crippen LogP contribution in [0.15, 0.2) is 22.3 Å². The molecule has 0 aromatic heterocycles. The second-order valence-corrected chi connectivity index (χ2v) is 12.9. The van der Waals surface area contributed by atoms with Gasteiger partial charge < -0.3 is 0 Å². The fourth-order valence-corrected chi connectivity index (χ4v) is 10.3. The minimum atomic E-state index is -4.74. The topological polar surface area (TPSA) is 78.9 Å². The molecule has 0 saturated heterocycles. The van der Waals surface area contributed by atoms with E-state index in [4.69, 9.17) is 9.96 Å². The SMILES string of the molecule is CCCC(=O)[O][Ti]([O]C(=O)CCC)([O]C(=O)CCC)[CH]1C2=C(CCCC2)C2=C1CCCC2. The average molecular weight is 482 g/mol. The number of hydrogen-bond acceptors (Lipinski definition) is 6. The van der Waals surface area contributed by atoms with Crippen molar-refractivity contribution in [1.82, 2.24) is 0 Å². The van der Waals surface area contributed by atoms with Gasteiger partial charge >= 0.3 is 197 Å². The van der Waals surface area contributed by atoms with Crippen LogP contribution in [0, 0.1) is 0 Å². The van der Waals surface area contributed by atoms with E-state index >= 15 is 0 Å². The molecular formula is C25H38O6Ti. The molecule has 3 aliphatic carbocycles. The number of fused-ring (bicyclic) bond motifs is 1. The van der Waals surface area contributed by atoms with Gasteiger partial charge in [-0.2, -0.15) is 0 Å². The van der Waals surface area contributed by atoms with Crippen molar-refractivity contribution in [2.45, 2.75) is 115 Å². The Morgan fingerprint density at radius 2 is 1.00 bits per heavy atom. The molecule has 32 heavy (non-hydrogen) atoms. The molecule has 0 amide bonds. The van der Waals surface area contributed by atoms with Gasteiger partial charge in [-0.15, -0.1) is 0 Å². The summed E-state index contributed by atoms with van der Waals surface area (Å²) in [5.41, 5.74) is 5.19. The monoisotopic (exact) mass is 482 g/mol. The Bertz CT molecular complexity index is 714. The summed E-state index contributed by atoms with van der Waals surface area (Å²) in [6.45, 7) is 5.71. The predicted octanol–water partition coefficient (Wildman–Crippen LogP) is 6.46. The first-order valence-corrected chi connectivity index (χ1v) is 15.4. The van der Waals surface area contributed by atoms with Gasteiger partial charge in [0.1, 0.15) is 0 Å². The number of allylic oxidation sites excluding steroid dienone is 4. The van der Waals surface area contributed by atoms with Gasteiger partial charge in [0.25, 0.3) is 0 Å². The quantitative estimate of drug-likeness (QED) is 0.333. The normalized spacial score (nSPS) is 18.8. The van der Waals surface area contributed by atoms with Crippen molar-refractivity contribution < 1.29 is 42.1 Å². The van der Waals surface area contributed by atoms with E-state index in [2.05, 4.69) is 0 Å². The summed E-state index contributed by atoms with van der Waals surface area (Å²) in [6, 6.07) is 0. The zero-order valence-electron chi connectivity index (χ0n) is 19.9. The number of hydrogen-bond donors (Lipinski definition) is 0. The average Bonchev–Trinajstić information content (AvgIpc) is 3.09. The molecule has 0 aromatic carbocycles. The molecule has 7 heteroatoms. The van der Waals surface area contributed by atoms with Crippen molar-refractivity contribution in [3.8, 4) is 0 Å². The molecule has 0 atom stereocenters. The molecular weight excluding hydrogens is 444 g/mol. The molecule has 0 aliphatic heterocycles. The second-order valence-electron chi connectivity index (χ2n) is 9.13. The molecule has 0 unspecified atom stereocenters. The molecule has 0 heterocycles. The van der Waals surface area contributed by atoms with Crippen LogP contribution in [-0.4, -0.2) is 17.9 Å². The maximum absolute atomic E-state index is 12.8. The second kappa shape index (κ2) is 11.6. The maximum atomic E-state index is 12.8. The van der Waals surface area contributed by atoms with Crippen LogP contribution in [0.1, 0.15) is 111 Å². The van der Waals surface area contributed by atoms with E-state index in [0.717, 1.165) is 51.4 Å². The summed E-state index contributed by atoms with van der Waals surface area (Å²) in [4.78, 5) is 38.5. The van der Waals surface area contributed by atoms with E-state index in [9.17, 15) is 14.4 Å². The fourth-order valence-electron chi connectivity index (χ4n) is 5.30. The van der Waals surface area contributed by atoms with E-state index in [-0.39, 0.29) is 23.5 Å². The van der Waals surface area contributed by atoms with Crippen LogP contribution >= 0.6 is 0 Å². The van der Waals surface area contributed by atoms with E-state index in [1.54, 1.807) is 0 Å². The summed E-state index contributed by atoms with van der Waals surface area (Å²) in [6.07, 6.45) is 10.7. The van der Waals surface area contributed by atoms with E-state index in [0.29, 0.717) is 19.3 Å². The molecule has 0 bridgehead atoms. The summed E-state index contributed by atoms with van der Waals surface area (Å²) in [5.74, 6) is -1.28. The standard InChI is InChI=1S/C13H17.3C4H8O2.Ti/c1-3-7-12-10(5-1)9-11-6-2-4-8-13(11)12;3*1-2-3-4(5)6;/h9H,1-8H2;3*2-3H2,1H3,(H,5,6);/q;;;;+3/p-3. The Balaban J connectivity index is 2.12. The summed E-state index contributed by atoms with van der Waals surface area (Å²) >= 11 is -4.74. The molecule has 0 N–H and O–H groups in total. The van der Waals surface area contributed by atoms with E-state index < -0.39 is 35.7 Å². The van der Waals surface area contributed by atoms with Crippen LogP contribution in [0.2, 0.25) is 4.22 Å². The van der Waals surface area contributed by atoms with Crippen LogP contribution in [-0.2, 0) is 42.1 Å². The molecule has 0 radical (unpaired) electrons. The Labute approximate surface area is 196 Å². The Morgan fingerprint density at radius 1 is 0.656 bits per heavy atom. The van der Waals surface area contributed by atoms with Crippen molar-refractivity contribution in [3.05, 3.63) is 22.3 Å². The van der Waals surface area contributed by atoms with Crippen LogP contribution in [0.25, 0.3) is 0 Å². The Hall–Kier alpha value is -1.40. The van der Waals surface area contributed by atoms with E-state index in [1.807, 2.05) is 20.8 Å². The molecule has 0 spiro atoms. The molecule has 3 rings (SSSR count). The zero-order chi connectivity index (χ0) is 23.1.